The highest BCUT2D eigenvalue weighted by Crippen LogP contribution is 2.43. The number of hydrogen-bond donors (Lipinski definition) is 2. The molecule has 48 heavy (non-hydrogen) atoms. The number of fused-ring (bicyclic) bond motifs is 1. The number of carbonyl (C=O) groups is 2. The van der Waals surface area contributed by atoms with Crippen LogP contribution in [0.3, 0.4) is 0 Å². The number of anilines is 3. The third-order valence-corrected chi connectivity index (χ3v) is 9.52. The first-order valence-corrected chi connectivity index (χ1v) is 16.3. The first-order valence-electron chi connectivity index (χ1n) is 16.3. The van der Waals surface area contributed by atoms with Crippen molar-refractivity contribution in [2.45, 2.75) is 44.8 Å². The molecule has 2 saturated heterocycles. The molecule has 2 N–H and O–H groups in total. The van der Waals surface area contributed by atoms with Crippen LogP contribution < -0.4 is 20.5 Å². The summed E-state index contributed by atoms with van der Waals surface area (Å²) in [6.07, 6.45) is 4.22. The smallest absolute Gasteiger partial charge is 0.341 e. The Hall–Kier alpha value is -4.88. The van der Waals surface area contributed by atoms with Crippen LogP contribution in [-0.2, 0) is 0 Å². The van der Waals surface area contributed by atoms with Crippen molar-refractivity contribution in [1.29, 1.82) is 0 Å². The molecule has 1 saturated carbocycles. The molecule has 4 heterocycles. The molecule has 2 aliphatic heterocycles. The second-order valence-corrected chi connectivity index (χ2v) is 12.8. The van der Waals surface area contributed by atoms with Crippen molar-refractivity contribution in [3.05, 3.63) is 93.9 Å². The number of aromatic carboxylic acids is 1. The molecule has 13 heteroatoms. The van der Waals surface area contributed by atoms with Crippen LogP contribution in [0.25, 0.3) is 10.9 Å². The number of nitrogens with one attached hydrogen (secondary N) is 1. The third-order valence-electron chi connectivity index (χ3n) is 9.52. The van der Waals surface area contributed by atoms with Gasteiger partial charge in [0.05, 0.1) is 16.6 Å². The topological polar surface area (TPSA) is 114 Å². The molecule has 1 aliphatic carbocycles. The zero-order valence-electron chi connectivity index (χ0n) is 26.8. The second-order valence-electron chi connectivity index (χ2n) is 12.8. The van der Waals surface area contributed by atoms with Crippen molar-refractivity contribution >= 4 is 40.0 Å². The normalized spacial score (nSPS) is 20.7. The minimum atomic E-state index is -1.51. The lowest BCUT2D eigenvalue weighted by Gasteiger charge is -2.52. The maximum Gasteiger partial charge on any atom is 0.341 e. The predicted octanol–water partition coefficient (Wildman–Crippen LogP) is 4.60. The Labute approximate surface area is 276 Å². The predicted molar refractivity (Wildman–Crippen MR) is 179 cm³/mol. The number of aromatic nitrogens is 2. The summed E-state index contributed by atoms with van der Waals surface area (Å²) in [7, 11) is 0. The molecule has 2 unspecified atom stereocenters. The third kappa shape index (κ3) is 5.66. The van der Waals surface area contributed by atoms with Gasteiger partial charge in [-0.3, -0.25) is 9.59 Å². The van der Waals surface area contributed by atoms with E-state index < -0.39 is 45.6 Å². The van der Waals surface area contributed by atoms with Gasteiger partial charge < -0.3 is 24.8 Å². The summed E-state index contributed by atoms with van der Waals surface area (Å²) in [6, 6.07) is 13.4. The number of halogens is 2. The highest BCUT2D eigenvalue weighted by molar-refractivity contribution is 6.10. The molecule has 0 radical (unpaired) electrons. The van der Waals surface area contributed by atoms with Gasteiger partial charge in [-0.05, 0) is 51.0 Å². The lowest BCUT2D eigenvalue weighted by atomic mass is 10.0. The Morgan fingerprint density at radius 1 is 0.896 bits per heavy atom. The van der Waals surface area contributed by atoms with Gasteiger partial charge in [-0.1, -0.05) is 24.3 Å². The van der Waals surface area contributed by atoms with E-state index >= 15 is 8.78 Å². The maximum absolute atomic E-state index is 16.9. The van der Waals surface area contributed by atoms with E-state index in [1.807, 2.05) is 32.0 Å². The number of carbonyl (C=O) groups excluding carboxylic acids is 1. The number of nitrogens with zero attached hydrogens (tertiary/aromatic N) is 6. The molecule has 3 aliphatic rings. The molecule has 0 spiro atoms. The Morgan fingerprint density at radius 2 is 1.56 bits per heavy atom. The summed E-state index contributed by atoms with van der Waals surface area (Å²) in [4.78, 5) is 47.4. The fourth-order valence-electron chi connectivity index (χ4n) is 7.24. The van der Waals surface area contributed by atoms with Gasteiger partial charge in [-0.25, -0.2) is 28.6 Å². The summed E-state index contributed by atoms with van der Waals surface area (Å²) < 4.78 is 35.2. The molecule has 250 valence electrons. The lowest BCUT2D eigenvalue weighted by molar-refractivity contribution is -0.0946. The number of carboxylic acids is 1. The second kappa shape index (κ2) is 12.6. The van der Waals surface area contributed by atoms with Crippen LogP contribution in [0.15, 0.2) is 65.7 Å². The van der Waals surface area contributed by atoms with Crippen molar-refractivity contribution in [2.24, 2.45) is 0 Å². The van der Waals surface area contributed by atoms with Gasteiger partial charge in [0.2, 0.25) is 5.43 Å². The van der Waals surface area contributed by atoms with E-state index in [-0.39, 0.29) is 48.0 Å². The molecular formula is C35H37F2N7O4. The van der Waals surface area contributed by atoms with Crippen molar-refractivity contribution in [2.75, 3.05) is 54.4 Å². The summed E-state index contributed by atoms with van der Waals surface area (Å²) in [5.74, 6) is -3.34. The zero-order chi connectivity index (χ0) is 33.7. The summed E-state index contributed by atoms with van der Waals surface area (Å²) >= 11 is 0. The molecule has 1 amide bonds. The van der Waals surface area contributed by atoms with E-state index in [2.05, 4.69) is 25.2 Å². The number of benzene rings is 2. The average Bonchev–Trinajstić information content (AvgIpc) is 3.93. The molecule has 0 bridgehead atoms. The maximum atomic E-state index is 16.9. The van der Waals surface area contributed by atoms with Gasteiger partial charge in [-0.2, -0.15) is 0 Å². The van der Waals surface area contributed by atoms with E-state index in [0.29, 0.717) is 12.8 Å². The van der Waals surface area contributed by atoms with E-state index in [4.69, 9.17) is 0 Å². The number of carboxylic acid groups (broad SMARTS) is 1. The fraction of sp³-hybridized carbons (Fsp3) is 0.371. The quantitative estimate of drug-likeness (QED) is 0.295. The van der Waals surface area contributed by atoms with E-state index in [1.165, 1.54) is 16.7 Å². The Balaban J connectivity index is 1.26. The Kier molecular flexibility index (Phi) is 8.34. The number of hydrazine groups is 1. The van der Waals surface area contributed by atoms with E-state index in [9.17, 15) is 19.5 Å². The van der Waals surface area contributed by atoms with Gasteiger partial charge in [0.1, 0.15) is 17.1 Å². The number of pyridine rings is 2. The van der Waals surface area contributed by atoms with Crippen LogP contribution in [0.5, 0.6) is 0 Å². The standard InChI is InChI=1S/C35H37F2N7O4/c1-21-18-41(19-22(2)44(21)42-16-14-40(15-17-42)26-10-6-7-13-38-26)32-28(36)30(39-34(46)23-8-4-3-5-9-23)27-31(29(32)37)43(24-11-12-24)20-25(33(27)45)35(47)48/h3-10,13,20-22,24H,11-12,14-19H2,1-2H3,(H,39,46)(H,47,48). The van der Waals surface area contributed by atoms with Crippen LogP contribution in [-0.4, -0.2) is 87.9 Å². The zero-order valence-corrected chi connectivity index (χ0v) is 26.8. The Morgan fingerprint density at radius 3 is 2.17 bits per heavy atom. The van der Waals surface area contributed by atoms with Crippen LogP contribution in [0.2, 0.25) is 0 Å². The molecule has 2 aromatic carbocycles. The van der Waals surface area contributed by atoms with Gasteiger partial charge >= 0.3 is 5.97 Å². The first kappa shape index (κ1) is 31.7. The number of amides is 1. The van der Waals surface area contributed by atoms with Crippen LogP contribution in [0.1, 0.15) is 53.4 Å². The summed E-state index contributed by atoms with van der Waals surface area (Å²) in [5, 5.41) is 16.5. The molecule has 11 nitrogen and oxygen atoms in total. The van der Waals surface area contributed by atoms with Gasteiger partial charge in [0.25, 0.3) is 5.91 Å². The van der Waals surface area contributed by atoms with Crippen molar-refractivity contribution < 1.29 is 23.5 Å². The minimum Gasteiger partial charge on any atom is -0.477 e. The van der Waals surface area contributed by atoms with Gasteiger partial charge in [-0.15, -0.1) is 0 Å². The average molecular weight is 658 g/mol. The number of piperazine rings is 2. The van der Waals surface area contributed by atoms with Crippen molar-refractivity contribution in [3.8, 4) is 0 Å². The van der Waals surface area contributed by atoms with E-state index in [1.54, 1.807) is 29.3 Å². The fourth-order valence-corrected chi connectivity index (χ4v) is 7.24. The largest absolute Gasteiger partial charge is 0.477 e. The molecule has 2 aromatic heterocycles. The van der Waals surface area contributed by atoms with Gasteiger partial charge in [0.15, 0.2) is 11.6 Å². The molecule has 2 atom stereocenters. The highest BCUT2D eigenvalue weighted by Gasteiger charge is 2.39. The number of hydrogen-bond acceptors (Lipinski definition) is 8. The SMILES string of the molecule is CC1CN(c2c(F)c(NC(=O)c3ccccc3)c3c(=O)c(C(=O)O)cn(C4CC4)c3c2F)CC(C)N1N1CCN(c2ccccn2)CC1. The molecular weight excluding hydrogens is 620 g/mol. The van der Waals surface area contributed by atoms with Crippen LogP contribution >= 0.6 is 0 Å². The summed E-state index contributed by atoms with van der Waals surface area (Å²) in [6.45, 7) is 7.68. The molecule has 3 fully saturated rings. The van der Waals surface area contributed by atoms with Crippen molar-refractivity contribution in [1.82, 2.24) is 19.6 Å². The first-order chi connectivity index (χ1) is 23.1. The number of rotatable bonds is 7. The highest BCUT2D eigenvalue weighted by atomic mass is 19.1. The van der Waals surface area contributed by atoms with Crippen LogP contribution in [0.4, 0.5) is 26.0 Å². The monoisotopic (exact) mass is 657 g/mol. The lowest BCUT2D eigenvalue weighted by Crippen LogP contribution is -2.65. The van der Waals surface area contributed by atoms with E-state index in [0.717, 1.165) is 38.2 Å². The molecule has 7 rings (SSSR count). The Bertz CT molecular complexity index is 1920. The van der Waals surface area contributed by atoms with Crippen LogP contribution in [0, 0.1) is 11.6 Å². The van der Waals surface area contributed by atoms with Gasteiger partial charge in [0, 0.05) is 75.4 Å². The van der Waals surface area contributed by atoms with Crippen molar-refractivity contribution in [3.63, 3.8) is 0 Å². The minimum absolute atomic E-state index is 0.132. The summed E-state index contributed by atoms with van der Waals surface area (Å²) in [5.41, 5.74) is -2.55. The molecule has 4 aromatic rings.